The summed E-state index contributed by atoms with van der Waals surface area (Å²) in [7, 11) is -3.80. The van der Waals surface area contributed by atoms with E-state index in [4.69, 9.17) is 5.14 Å². The average molecular weight is 443 g/mol. The molecule has 0 aliphatic carbocycles. The Morgan fingerprint density at radius 1 is 1.16 bits per heavy atom. The Hall–Kier alpha value is -2.75. The zero-order chi connectivity index (χ0) is 22.2. The molecule has 2 aliphatic rings. The van der Waals surface area contributed by atoms with Crippen LogP contribution >= 0.6 is 0 Å². The molecular weight excluding hydrogens is 416 g/mol. The van der Waals surface area contributed by atoms with Gasteiger partial charge in [-0.15, -0.1) is 0 Å². The maximum Gasteiger partial charge on any atom is 0.241 e. The van der Waals surface area contributed by atoms with Gasteiger partial charge in [-0.25, -0.2) is 13.6 Å². The monoisotopic (exact) mass is 442 g/mol. The predicted molar refractivity (Wildman–Crippen MR) is 117 cm³/mol. The second-order valence-corrected chi connectivity index (χ2v) is 9.66. The zero-order valence-electron chi connectivity index (χ0n) is 17.3. The molecule has 8 nitrogen and oxygen atoms in total. The van der Waals surface area contributed by atoms with E-state index in [1.807, 2.05) is 42.2 Å². The number of primary sulfonamides is 1. The molecule has 2 aromatic rings. The van der Waals surface area contributed by atoms with Crippen molar-refractivity contribution in [2.75, 3.05) is 24.5 Å². The van der Waals surface area contributed by atoms with E-state index >= 15 is 0 Å². The highest BCUT2D eigenvalue weighted by molar-refractivity contribution is 7.89. The van der Waals surface area contributed by atoms with E-state index in [0.29, 0.717) is 31.6 Å². The van der Waals surface area contributed by atoms with Crippen molar-refractivity contribution in [2.45, 2.75) is 36.7 Å². The highest BCUT2D eigenvalue weighted by Gasteiger charge is 2.34. The van der Waals surface area contributed by atoms with Gasteiger partial charge in [0.05, 0.1) is 11.4 Å². The second kappa shape index (κ2) is 8.41. The summed E-state index contributed by atoms with van der Waals surface area (Å²) in [6, 6.07) is 14.1. The lowest BCUT2D eigenvalue weighted by Gasteiger charge is -2.32. The highest BCUT2D eigenvalue weighted by Crippen LogP contribution is 2.34. The number of sulfonamides is 1. The predicted octanol–water partition coefficient (Wildman–Crippen LogP) is 1.17. The van der Waals surface area contributed by atoms with Gasteiger partial charge in [0.15, 0.2) is 0 Å². The number of hydrogen-bond acceptors (Lipinski definition) is 5. The van der Waals surface area contributed by atoms with Crippen molar-refractivity contribution in [3.05, 3.63) is 59.7 Å². The quantitative estimate of drug-likeness (QED) is 0.738. The molecule has 0 saturated carbocycles. The SMILES string of the molecule is CC1Cc2cc(S(N)(=O)=O)ccc2N1C(=O)CN1CCNC(=O)CC1c1ccccc1. The van der Waals surface area contributed by atoms with Crippen LogP contribution < -0.4 is 15.4 Å². The highest BCUT2D eigenvalue weighted by atomic mass is 32.2. The van der Waals surface area contributed by atoms with Crippen molar-refractivity contribution in [2.24, 2.45) is 5.14 Å². The number of hydrogen-bond donors (Lipinski definition) is 2. The molecular formula is C22H26N4O4S. The molecule has 2 aliphatic heterocycles. The fourth-order valence-electron chi connectivity index (χ4n) is 4.48. The molecule has 1 saturated heterocycles. The van der Waals surface area contributed by atoms with Crippen molar-refractivity contribution in [1.82, 2.24) is 10.2 Å². The summed E-state index contributed by atoms with van der Waals surface area (Å²) in [4.78, 5) is 29.4. The van der Waals surface area contributed by atoms with Crippen molar-refractivity contribution >= 4 is 27.5 Å². The van der Waals surface area contributed by atoms with E-state index in [1.165, 1.54) is 6.07 Å². The number of fused-ring (bicyclic) bond motifs is 1. The summed E-state index contributed by atoms with van der Waals surface area (Å²) in [6.45, 7) is 3.15. The standard InChI is InChI=1S/C22H26N4O4S/c1-15-11-17-12-18(31(23,29)30)7-8-19(17)26(15)22(28)14-25-10-9-24-21(27)13-20(25)16-5-3-2-4-6-16/h2-8,12,15,20H,9-11,13-14H2,1H3,(H,24,27)(H2,23,29,30). The summed E-state index contributed by atoms with van der Waals surface area (Å²) < 4.78 is 23.4. The molecule has 0 bridgehead atoms. The van der Waals surface area contributed by atoms with Gasteiger partial charge in [-0.05, 0) is 42.7 Å². The largest absolute Gasteiger partial charge is 0.355 e. The molecule has 2 heterocycles. The molecule has 2 aromatic carbocycles. The number of amides is 2. The Morgan fingerprint density at radius 3 is 2.61 bits per heavy atom. The molecule has 0 radical (unpaired) electrons. The molecule has 164 valence electrons. The van der Waals surface area contributed by atoms with E-state index in [9.17, 15) is 18.0 Å². The van der Waals surface area contributed by atoms with Gasteiger partial charge in [-0.2, -0.15) is 0 Å². The van der Waals surface area contributed by atoms with Crippen LogP contribution in [0.25, 0.3) is 0 Å². The van der Waals surface area contributed by atoms with Gasteiger partial charge in [0.25, 0.3) is 0 Å². The number of rotatable bonds is 4. The smallest absolute Gasteiger partial charge is 0.241 e. The first-order chi connectivity index (χ1) is 14.7. The minimum absolute atomic E-state index is 0.0285. The zero-order valence-corrected chi connectivity index (χ0v) is 18.1. The number of nitrogens with two attached hydrogens (primary N) is 1. The molecule has 9 heteroatoms. The van der Waals surface area contributed by atoms with Gasteiger partial charge in [-0.1, -0.05) is 30.3 Å². The number of anilines is 1. The minimum Gasteiger partial charge on any atom is -0.355 e. The van der Waals surface area contributed by atoms with Crippen LogP contribution in [0.15, 0.2) is 53.4 Å². The van der Waals surface area contributed by atoms with E-state index in [2.05, 4.69) is 5.32 Å². The summed E-state index contributed by atoms with van der Waals surface area (Å²) >= 11 is 0. The third-order valence-corrected chi connectivity index (χ3v) is 6.84. The van der Waals surface area contributed by atoms with E-state index in [0.717, 1.165) is 11.1 Å². The Balaban J connectivity index is 1.59. The van der Waals surface area contributed by atoms with Gasteiger partial charge >= 0.3 is 0 Å². The molecule has 4 rings (SSSR count). The van der Waals surface area contributed by atoms with Gasteiger partial charge in [0.2, 0.25) is 21.8 Å². The van der Waals surface area contributed by atoms with Crippen LogP contribution in [0.3, 0.4) is 0 Å². The van der Waals surface area contributed by atoms with Gasteiger partial charge in [-0.3, -0.25) is 14.5 Å². The van der Waals surface area contributed by atoms with Gasteiger partial charge in [0, 0.05) is 37.3 Å². The summed E-state index contributed by atoms with van der Waals surface area (Å²) in [5.41, 5.74) is 2.50. The van der Waals surface area contributed by atoms with E-state index in [-0.39, 0.29) is 35.3 Å². The molecule has 31 heavy (non-hydrogen) atoms. The van der Waals surface area contributed by atoms with Crippen LogP contribution in [0.1, 0.15) is 30.5 Å². The number of nitrogens with zero attached hydrogens (tertiary/aromatic N) is 2. The lowest BCUT2D eigenvalue weighted by Crippen LogP contribution is -2.44. The molecule has 0 aromatic heterocycles. The third-order valence-electron chi connectivity index (χ3n) is 5.93. The molecule has 2 unspecified atom stereocenters. The summed E-state index contributed by atoms with van der Waals surface area (Å²) in [5.74, 6) is -0.107. The van der Waals surface area contributed by atoms with Crippen LogP contribution in [0.5, 0.6) is 0 Å². The molecule has 3 N–H and O–H groups in total. The van der Waals surface area contributed by atoms with Crippen LogP contribution in [0.2, 0.25) is 0 Å². The number of carbonyl (C=O) groups excluding carboxylic acids is 2. The first-order valence-corrected chi connectivity index (χ1v) is 11.8. The maximum atomic E-state index is 13.4. The lowest BCUT2D eigenvalue weighted by atomic mass is 10.0. The first kappa shape index (κ1) is 21.5. The first-order valence-electron chi connectivity index (χ1n) is 10.3. The van der Waals surface area contributed by atoms with E-state index in [1.54, 1.807) is 17.0 Å². The topological polar surface area (TPSA) is 113 Å². The van der Waals surface area contributed by atoms with Crippen molar-refractivity contribution in [3.8, 4) is 0 Å². The van der Waals surface area contributed by atoms with Crippen molar-refractivity contribution in [1.29, 1.82) is 0 Å². The molecule has 1 fully saturated rings. The van der Waals surface area contributed by atoms with Crippen LogP contribution in [-0.4, -0.2) is 50.8 Å². The maximum absolute atomic E-state index is 13.4. The Morgan fingerprint density at radius 2 is 1.90 bits per heavy atom. The Bertz CT molecular complexity index is 1100. The van der Waals surface area contributed by atoms with Gasteiger partial charge in [0.1, 0.15) is 0 Å². The molecule has 2 atom stereocenters. The number of carbonyl (C=O) groups is 2. The van der Waals surface area contributed by atoms with Crippen LogP contribution in [0.4, 0.5) is 5.69 Å². The fraction of sp³-hybridized carbons (Fsp3) is 0.364. The summed E-state index contributed by atoms with van der Waals surface area (Å²) in [5, 5.41) is 8.14. The normalized spacial score (nSPS) is 22.0. The second-order valence-electron chi connectivity index (χ2n) is 8.10. The van der Waals surface area contributed by atoms with Gasteiger partial charge < -0.3 is 10.2 Å². The van der Waals surface area contributed by atoms with E-state index < -0.39 is 10.0 Å². The Labute approximate surface area is 182 Å². The molecule has 2 amide bonds. The van der Waals surface area contributed by atoms with Crippen LogP contribution in [0, 0.1) is 0 Å². The number of benzene rings is 2. The van der Waals surface area contributed by atoms with Crippen molar-refractivity contribution < 1.29 is 18.0 Å². The summed E-state index contributed by atoms with van der Waals surface area (Å²) in [6.07, 6.45) is 0.855. The number of nitrogens with one attached hydrogen (secondary N) is 1. The fourth-order valence-corrected chi connectivity index (χ4v) is 5.04. The van der Waals surface area contributed by atoms with Crippen molar-refractivity contribution in [3.63, 3.8) is 0 Å². The Kier molecular flexibility index (Phi) is 5.83. The minimum atomic E-state index is -3.80. The molecule has 0 spiro atoms. The third kappa shape index (κ3) is 4.48. The van der Waals surface area contributed by atoms with Crippen LogP contribution in [-0.2, 0) is 26.0 Å². The lowest BCUT2D eigenvalue weighted by molar-refractivity contribution is -0.123. The average Bonchev–Trinajstić information content (AvgIpc) is 2.95.